The number of methoxy groups -OCH3 is 2. The van der Waals surface area contributed by atoms with Crippen molar-refractivity contribution in [3.05, 3.63) is 142 Å². The molecule has 11 nitrogen and oxygen atoms in total. The van der Waals surface area contributed by atoms with E-state index in [4.69, 9.17) is 24.2 Å². The summed E-state index contributed by atoms with van der Waals surface area (Å²) in [6, 6.07) is 29.2. The molecule has 7 rings (SSSR count). The Kier molecular flexibility index (Phi) is 12.8. The summed E-state index contributed by atoms with van der Waals surface area (Å²) < 4.78 is 62.0. The van der Waals surface area contributed by atoms with Gasteiger partial charge in [-0.1, -0.05) is 54.6 Å². The van der Waals surface area contributed by atoms with Gasteiger partial charge >= 0.3 is 12.1 Å². The third kappa shape index (κ3) is 9.60. The fourth-order valence-corrected chi connectivity index (χ4v) is 6.91. The average molecular weight is 827 g/mol. The number of halogens is 4. The first-order valence-electron chi connectivity index (χ1n) is 18.2. The SMILES string of the molecule is COC(=O)C(Cc1ccc(-c2ccc(C#N)cc2)cc1)NC(=O)C1Cc2cc3c(cc2CN1)OC(c1ccc(OCc2ccc(OC)c(C(F)(F)F)c2)cc1)C(=O)N3.Cl. The first-order valence-corrected chi connectivity index (χ1v) is 18.2. The summed E-state index contributed by atoms with van der Waals surface area (Å²) >= 11 is 0. The monoisotopic (exact) mass is 826 g/mol. The van der Waals surface area contributed by atoms with Gasteiger partial charge in [0.25, 0.3) is 5.91 Å². The van der Waals surface area contributed by atoms with E-state index in [0.717, 1.165) is 33.9 Å². The largest absolute Gasteiger partial charge is 0.496 e. The molecule has 0 fully saturated rings. The molecule has 0 bridgehead atoms. The lowest BCUT2D eigenvalue weighted by Crippen LogP contribution is -2.53. The minimum atomic E-state index is -4.58. The van der Waals surface area contributed by atoms with Crippen LogP contribution in [0.5, 0.6) is 17.2 Å². The molecule has 0 aliphatic carbocycles. The highest BCUT2D eigenvalue weighted by Crippen LogP contribution is 2.39. The molecule has 2 amide bonds. The molecular formula is C44H38ClF3N4O7. The van der Waals surface area contributed by atoms with Crippen LogP contribution < -0.4 is 30.2 Å². The summed E-state index contributed by atoms with van der Waals surface area (Å²) in [5.41, 5.74) is 5.37. The number of nitrogens with zero attached hydrogens (tertiary/aromatic N) is 1. The van der Waals surface area contributed by atoms with E-state index in [-0.39, 0.29) is 43.5 Å². The van der Waals surface area contributed by atoms with Gasteiger partial charge in [0.1, 0.15) is 29.9 Å². The summed E-state index contributed by atoms with van der Waals surface area (Å²) in [6.07, 6.45) is -5.07. The van der Waals surface area contributed by atoms with E-state index in [1.54, 1.807) is 42.5 Å². The highest BCUT2D eigenvalue weighted by molar-refractivity contribution is 5.98. The molecule has 2 aliphatic rings. The van der Waals surface area contributed by atoms with Gasteiger partial charge in [-0.05, 0) is 88.3 Å². The fourth-order valence-electron chi connectivity index (χ4n) is 6.91. The van der Waals surface area contributed by atoms with Gasteiger partial charge in [-0.3, -0.25) is 9.59 Å². The fraction of sp³-hybridized carbons (Fsp3) is 0.227. The summed E-state index contributed by atoms with van der Waals surface area (Å²) in [4.78, 5) is 39.5. The maximum absolute atomic E-state index is 13.5. The lowest BCUT2D eigenvalue weighted by molar-refractivity contribution is -0.145. The van der Waals surface area contributed by atoms with Gasteiger partial charge in [0, 0.05) is 18.5 Å². The van der Waals surface area contributed by atoms with Crippen LogP contribution in [0.15, 0.2) is 103 Å². The molecule has 0 spiro atoms. The van der Waals surface area contributed by atoms with Gasteiger partial charge in [0.15, 0.2) is 0 Å². The molecule has 2 aliphatic heterocycles. The number of anilines is 1. The zero-order valence-electron chi connectivity index (χ0n) is 31.7. The van der Waals surface area contributed by atoms with Crippen LogP contribution in [0.4, 0.5) is 18.9 Å². The molecule has 59 heavy (non-hydrogen) atoms. The van der Waals surface area contributed by atoms with E-state index in [9.17, 15) is 27.6 Å². The van der Waals surface area contributed by atoms with Gasteiger partial charge in [0.05, 0.1) is 43.1 Å². The van der Waals surface area contributed by atoms with Crippen molar-refractivity contribution in [2.75, 3.05) is 19.5 Å². The number of alkyl halides is 3. The second-order valence-electron chi connectivity index (χ2n) is 13.8. The Bertz CT molecular complexity index is 2390. The highest BCUT2D eigenvalue weighted by atomic mass is 35.5. The maximum Gasteiger partial charge on any atom is 0.419 e. The molecular weight excluding hydrogens is 789 g/mol. The van der Waals surface area contributed by atoms with Crippen molar-refractivity contribution in [1.29, 1.82) is 5.26 Å². The Labute approximate surface area is 343 Å². The number of nitriles is 1. The number of nitrogens with one attached hydrogen (secondary N) is 3. The van der Waals surface area contributed by atoms with Crippen LogP contribution in [-0.4, -0.2) is 44.1 Å². The second kappa shape index (κ2) is 17.9. The smallest absolute Gasteiger partial charge is 0.419 e. The van der Waals surface area contributed by atoms with Crippen LogP contribution in [-0.2, 0) is 51.3 Å². The first-order chi connectivity index (χ1) is 27.9. The van der Waals surface area contributed by atoms with Gasteiger partial charge in [-0.15, -0.1) is 12.4 Å². The summed E-state index contributed by atoms with van der Waals surface area (Å²) in [5.74, 6) is -0.813. The minimum absolute atomic E-state index is 0. The molecule has 0 radical (unpaired) electrons. The molecule has 0 aromatic heterocycles. The van der Waals surface area contributed by atoms with E-state index < -0.39 is 41.8 Å². The number of carbonyl (C=O) groups excluding carboxylic acids is 3. The molecule has 5 aromatic rings. The van der Waals surface area contributed by atoms with E-state index in [0.29, 0.717) is 40.4 Å². The number of carbonyl (C=O) groups is 3. The number of hydrogen-bond acceptors (Lipinski definition) is 9. The Morgan fingerprint density at radius 2 is 1.59 bits per heavy atom. The van der Waals surface area contributed by atoms with Crippen LogP contribution in [0.1, 0.15) is 45.0 Å². The number of hydrogen-bond donors (Lipinski definition) is 3. The van der Waals surface area contributed by atoms with Crippen molar-refractivity contribution in [3.63, 3.8) is 0 Å². The Hall–Kier alpha value is -6.56. The second-order valence-corrected chi connectivity index (χ2v) is 13.8. The van der Waals surface area contributed by atoms with E-state index in [1.807, 2.05) is 42.5 Å². The molecule has 15 heteroatoms. The van der Waals surface area contributed by atoms with Crippen molar-refractivity contribution in [3.8, 4) is 34.4 Å². The third-order valence-corrected chi connectivity index (χ3v) is 10.0. The number of ether oxygens (including phenoxy) is 4. The van der Waals surface area contributed by atoms with Gasteiger partial charge in [0.2, 0.25) is 12.0 Å². The van der Waals surface area contributed by atoms with Crippen molar-refractivity contribution in [1.82, 2.24) is 10.6 Å². The molecule has 0 saturated carbocycles. The number of amides is 2. The summed E-state index contributed by atoms with van der Waals surface area (Å²) in [5, 5.41) is 18.0. The number of esters is 1. The Morgan fingerprint density at radius 3 is 2.24 bits per heavy atom. The maximum atomic E-state index is 13.5. The molecule has 0 saturated heterocycles. The quantitative estimate of drug-likeness (QED) is 0.117. The molecule has 3 unspecified atom stereocenters. The van der Waals surface area contributed by atoms with Crippen molar-refractivity contribution in [2.45, 2.75) is 50.4 Å². The van der Waals surface area contributed by atoms with Crippen molar-refractivity contribution in [2.24, 2.45) is 0 Å². The molecule has 3 N–H and O–H groups in total. The summed E-state index contributed by atoms with van der Waals surface area (Å²) in [7, 11) is 2.44. The van der Waals surface area contributed by atoms with E-state index in [2.05, 4.69) is 22.0 Å². The van der Waals surface area contributed by atoms with Crippen LogP contribution >= 0.6 is 12.4 Å². The zero-order chi connectivity index (χ0) is 41.0. The average Bonchev–Trinajstić information content (AvgIpc) is 3.24. The standard InChI is InChI=1S/C44H37F3N4O7.ClH/c1-55-38-16-7-27(17-34(38)44(45,46)47)24-57-33-14-12-30(13-15-33)40-42(53)50-35-19-31-20-36(49-23-32(31)21-39(35)58-40)41(52)51-37(43(54)56-2)18-25-3-8-28(9-4-25)29-10-5-26(22-48)6-11-29;/h3-17,19,21,36-37,40,49H,18,20,23-24H2,1-2H3,(H,50,53)(H,51,52);1H. The zero-order valence-corrected chi connectivity index (χ0v) is 32.5. The number of fused-ring (bicyclic) bond motifs is 2. The number of rotatable bonds is 11. The predicted molar refractivity (Wildman–Crippen MR) is 213 cm³/mol. The lowest BCUT2D eigenvalue weighted by Gasteiger charge is -2.31. The Morgan fingerprint density at radius 1 is 0.915 bits per heavy atom. The highest BCUT2D eigenvalue weighted by Gasteiger charge is 2.35. The predicted octanol–water partition coefficient (Wildman–Crippen LogP) is 7.24. The van der Waals surface area contributed by atoms with Gasteiger partial charge in [-0.2, -0.15) is 18.4 Å². The normalized spacial score (nSPS) is 16.0. The van der Waals surface area contributed by atoms with Gasteiger partial charge < -0.3 is 34.9 Å². The van der Waals surface area contributed by atoms with Crippen LogP contribution in [0.25, 0.3) is 11.1 Å². The van der Waals surface area contributed by atoms with Gasteiger partial charge in [-0.25, -0.2) is 4.79 Å². The third-order valence-electron chi connectivity index (χ3n) is 10.0. The molecule has 2 heterocycles. The minimum Gasteiger partial charge on any atom is -0.496 e. The lowest BCUT2D eigenvalue weighted by atomic mass is 9.93. The Balaban J connectivity index is 0.00000585. The molecule has 3 atom stereocenters. The molecule has 304 valence electrons. The van der Waals surface area contributed by atoms with Crippen molar-refractivity contribution >= 4 is 35.9 Å². The van der Waals surface area contributed by atoms with Crippen molar-refractivity contribution < 1.29 is 46.5 Å². The van der Waals surface area contributed by atoms with E-state index in [1.165, 1.54) is 26.4 Å². The molecule has 5 aromatic carbocycles. The number of benzene rings is 5. The van der Waals surface area contributed by atoms with Crippen LogP contribution in [0.2, 0.25) is 0 Å². The topological polar surface area (TPSA) is 148 Å². The summed E-state index contributed by atoms with van der Waals surface area (Å²) in [6.45, 7) is 0.206. The van der Waals surface area contributed by atoms with Crippen LogP contribution in [0, 0.1) is 11.3 Å². The van der Waals surface area contributed by atoms with Crippen LogP contribution in [0.3, 0.4) is 0 Å². The first kappa shape index (κ1) is 42.1. The van der Waals surface area contributed by atoms with E-state index >= 15 is 0 Å².